The van der Waals surface area contributed by atoms with Gasteiger partial charge < -0.3 is 10.6 Å². The molecule has 2 rings (SSSR count). The van der Waals surface area contributed by atoms with Crippen molar-refractivity contribution >= 4 is 11.8 Å². The molecule has 6 heteroatoms. The molecule has 2 aromatic carbocycles. The lowest BCUT2D eigenvalue weighted by Crippen LogP contribution is -2.50. The molecule has 4 nitrogen and oxygen atoms in total. The molecule has 150 valence electrons. The molecule has 0 spiro atoms. The van der Waals surface area contributed by atoms with Gasteiger partial charge in [0.2, 0.25) is 5.91 Å². The Kier molecular flexibility index (Phi) is 6.89. The smallest absolute Gasteiger partial charge is 0.257 e. The van der Waals surface area contributed by atoms with Crippen LogP contribution in [0.25, 0.3) is 0 Å². The third kappa shape index (κ3) is 4.94. The zero-order chi connectivity index (χ0) is 21.0. The highest BCUT2D eigenvalue weighted by Crippen LogP contribution is 2.20. The van der Waals surface area contributed by atoms with Gasteiger partial charge in [0.1, 0.15) is 23.2 Å². The number of benzene rings is 2. The average molecular weight is 388 g/mol. The summed E-state index contributed by atoms with van der Waals surface area (Å²) in [4.78, 5) is 25.2. The number of amides is 2. The van der Waals surface area contributed by atoms with Gasteiger partial charge in [-0.05, 0) is 49.9 Å². The highest BCUT2D eigenvalue weighted by atomic mass is 19.1. The first kappa shape index (κ1) is 21.5. The number of rotatable bonds is 6. The fourth-order valence-corrected chi connectivity index (χ4v) is 3.07. The molecule has 0 aromatic heterocycles. The van der Waals surface area contributed by atoms with Crippen LogP contribution in [0.15, 0.2) is 36.4 Å². The highest BCUT2D eigenvalue weighted by Gasteiger charge is 2.28. The summed E-state index contributed by atoms with van der Waals surface area (Å²) < 4.78 is 27.7. The highest BCUT2D eigenvalue weighted by molar-refractivity contribution is 5.98. The number of carbonyl (C=O) groups excluding carboxylic acids is 2. The molecule has 0 unspecified atom stereocenters. The lowest BCUT2D eigenvalue weighted by atomic mass is 9.98. The summed E-state index contributed by atoms with van der Waals surface area (Å²) in [6.45, 7) is 9.29. The van der Waals surface area contributed by atoms with E-state index in [4.69, 9.17) is 0 Å². The van der Waals surface area contributed by atoms with Gasteiger partial charge in [-0.3, -0.25) is 9.59 Å². The monoisotopic (exact) mass is 388 g/mol. The minimum atomic E-state index is -0.968. The average Bonchev–Trinajstić information content (AvgIpc) is 2.61. The minimum absolute atomic E-state index is 0.274. The van der Waals surface area contributed by atoms with Crippen LogP contribution >= 0.6 is 0 Å². The van der Waals surface area contributed by atoms with E-state index in [0.717, 1.165) is 28.8 Å². The maximum Gasteiger partial charge on any atom is 0.257 e. The number of halogens is 2. The molecule has 2 atom stereocenters. The quantitative estimate of drug-likeness (QED) is 0.779. The van der Waals surface area contributed by atoms with Gasteiger partial charge in [-0.2, -0.15) is 0 Å². The first-order valence-corrected chi connectivity index (χ1v) is 9.24. The van der Waals surface area contributed by atoms with Crippen molar-refractivity contribution in [2.75, 3.05) is 0 Å². The molecule has 28 heavy (non-hydrogen) atoms. The Morgan fingerprint density at radius 1 is 0.929 bits per heavy atom. The maximum absolute atomic E-state index is 13.9. The Morgan fingerprint density at radius 2 is 1.54 bits per heavy atom. The van der Waals surface area contributed by atoms with Crippen LogP contribution in [0, 0.1) is 31.4 Å². The van der Waals surface area contributed by atoms with E-state index in [1.54, 1.807) is 13.8 Å². The van der Waals surface area contributed by atoms with E-state index in [2.05, 4.69) is 10.6 Å². The van der Waals surface area contributed by atoms with E-state index in [0.29, 0.717) is 0 Å². The number of carbonyl (C=O) groups is 2. The second-order valence-electron chi connectivity index (χ2n) is 7.38. The van der Waals surface area contributed by atoms with Gasteiger partial charge in [0, 0.05) is 0 Å². The summed E-state index contributed by atoms with van der Waals surface area (Å²) in [5.41, 5.74) is 2.40. The summed E-state index contributed by atoms with van der Waals surface area (Å²) in [6, 6.07) is 7.95. The van der Waals surface area contributed by atoms with Crippen LogP contribution in [0.3, 0.4) is 0 Å². The molecule has 0 aliphatic heterocycles. The Bertz CT molecular complexity index is 861. The predicted octanol–water partition coefficient (Wildman–Crippen LogP) is 4.21. The van der Waals surface area contributed by atoms with Crippen molar-refractivity contribution in [1.82, 2.24) is 10.6 Å². The van der Waals surface area contributed by atoms with Gasteiger partial charge in [-0.1, -0.05) is 43.7 Å². The lowest BCUT2D eigenvalue weighted by Gasteiger charge is -2.25. The van der Waals surface area contributed by atoms with Gasteiger partial charge in [-0.15, -0.1) is 0 Å². The van der Waals surface area contributed by atoms with Crippen molar-refractivity contribution in [2.45, 2.75) is 46.7 Å². The van der Waals surface area contributed by atoms with E-state index >= 15 is 0 Å². The van der Waals surface area contributed by atoms with Crippen LogP contribution in [-0.4, -0.2) is 17.9 Å². The molecule has 0 bridgehead atoms. The fourth-order valence-electron chi connectivity index (χ4n) is 3.07. The van der Waals surface area contributed by atoms with Crippen LogP contribution in [0.5, 0.6) is 0 Å². The Morgan fingerprint density at radius 3 is 2.11 bits per heavy atom. The van der Waals surface area contributed by atoms with Gasteiger partial charge in [0.25, 0.3) is 5.91 Å². The van der Waals surface area contributed by atoms with E-state index in [9.17, 15) is 18.4 Å². The van der Waals surface area contributed by atoms with Gasteiger partial charge >= 0.3 is 0 Å². The van der Waals surface area contributed by atoms with E-state index in [-0.39, 0.29) is 12.0 Å². The number of nitrogens with one attached hydrogen (secondary N) is 2. The molecule has 2 amide bonds. The van der Waals surface area contributed by atoms with Crippen molar-refractivity contribution in [3.05, 3.63) is 70.3 Å². The molecule has 0 aliphatic rings. The van der Waals surface area contributed by atoms with Crippen LogP contribution in [0.4, 0.5) is 8.78 Å². The van der Waals surface area contributed by atoms with Gasteiger partial charge in [-0.25, -0.2) is 8.78 Å². The van der Waals surface area contributed by atoms with Crippen LogP contribution in [-0.2, 0) is 4.79 Å². The molecule has 2 N–H and O–H groups in total. The Balaban J connectivity index is 2.18. The van der Waals surface area contributed by atoms with Crippen molar-refractivity contribution in [2.24, 2.45) is 5.92 Å². The van der Waals surface area contributed by atoms with Crippen molar-refractivity contribution in [3.63, 3.8) is 0 Å². The summed E-state index contributed by atoms with van der Waals surface area (Å²) in [6.07, 6.45) is 0. The molecule has 0 aliphatic carbocycles. The summed E-state index contributed by atoms with van der Waals surface area (Å²) in [7, 11) is 0. The number of hydrogen-bond donors (Lipinski definition) is 2. The molecule has 0 saturated carbocycles. The SMILES string of the molecule is Cc1ccc(C)c([C@@H](C)NC(=O)[C@@H](NC(=O)c2c(F)cccc2F)C(C)C)c1. The zero-order valence-electron chi connectivity index (χ0n) is 16.8. The summed E-state index contributed by atoms with van der Waals surface area (Å²) in [5.74, 6) is -3.57. The Labute approximate surface area is 164 Å². The second kappa shape index (κ2) is 8.95. The molecule has 0 radical (unpaired) electrons. The molecular weight excluding hydrogens is 362 g/mol. The molecule has 2 aromatic rings. The van der Waals surface area contributed by atoms with E-state index in [1.165, 1.54) is 6.07 Å². The van der Waals surface area contributed by atoms with Gasteiger partial charge in [0.15, 0.2) is 0 Å². The summed E-state index contributed by atoms with van der Waals surface area (Å²) in [5, 5.41) is 5.36. The number of hydrogen-bond acceptors (Lipinski definition) is 2. The zero-order valence-corrected chi connectivity index (χ0v) is 16.8. The van der Waals surface area contributed by atoms with Crippen molar-refractivity contribution in [1.29, 1.82) is 0 Å². The third-order valence-corrected chi connectivity index (χ3v) is 4.69. The van der Waals surface area contributed by atoms with E-state index in [1.807, 2.05) is 39.0 Å². The maximum atomic E-state index is 13.9. The Hall–Kier alpha value is -2.76. The molecule has 0 fully saturated rings. The second-order valence-corrected chi connectivity index (χ2v) is 7.38. The standard InChI is InChI=1S/C22H26F2N2O2/c1-12(2)20(26-21(27)19-17(23)7-6-8-18(19)24)22(28)25-15(5)16-11-13(3)9-10-14(16)4/h6-12,15,20H,1-5H3,(H,25,28)(H,26,27)/t15-,20+/m1/s1. The predicted molar refractivity (Wildman–Crippen MR) is 105 cm³/mol. The molecule has 0 saturated heterocycles. The van der Waals surface area contributed by atoms with Crippen LogP contribution in [0.1, 0.15) is 53.9 Å². The first-order valence-electron chi connectivity index (χ1n) is 9.24. The summed E-state index contributed by atoms with van der Waals surface area (Å²) >= 11 is 0. The first-order chi connectivity index (χ1) is 13.1. The van der Waals surface area contributed by atoms with Gasteiger partial charge in [0.05, 0.1) is 6.04 Å². The fraction of sp³-hybridized carbons (Fsp3) is 0.364. The molecular formula is C22H26F2N2O2. The lowest BCUT2D eigenvalue weighted by molar-refractivity contribution is -0.124. The van der Waals surface area contributed by atoms with Crippen molar-refractivity contribution in [3.8, 4) is 0 Å². The van der Waals surface area contributed by atoms with E-state index < -0.39 is 35.1 Å². The number of aryl methyl sites for hydroxylation is 2. The van der Waals surface area contributed by atoms with Crippen LogP contribution in [0.2, 0.25) is 0 Å². The largest absolute Gasteiger partial charge is 0.348 e. The third-order valence-electron chi connectivity index (χ3n) is 4.69. The molecule has 0 heterocycles. The van der Waals surface area contributed by atoms with Crippen LogP contribution < -0.4 is 10.6 Å². The van der Waals surface area contributed by atoms with Crippen molar-refractivity contribution < 1.29 is 18.4 Å². The minimum Gasteiger partial charge on any atom is -0.348 e. The topological polar surface area (TPSA) is 58.2 Å². The normalized spacial score (nSPS) is 13.1.